The third-order valence-corrected chi connectivity index (χ3v) is 3.97. The van der Waals surface area contributed by atoms with Gasteiger partial charge in [0.05, 0.1) is 0 Å². The van der Waals surface area contributed by atoms with Crippen molar-refractivity contribution >= 4 is 29.0 Å². The van der Waals surface area contributed by atoms with Crippen molar-refractivity contribution < 1.29 is 9.42 Å². The highest BCUT2D eigenvalue weighted by Gasteiger charge is 2.29. The standard InChI is InChI=1S/C14H15ClN4O2/c15-10-3-1-8(2-4-10)9-5-11(7-12(20)6-9)17-14-13(16)18-21-19-14/h1-4,9,11H,5-7H2,(H2,16,18)(H,17,19)/t9-,11+/m1/s1. The third-order valence-electron chi connectivity index (χ3n) is 3.71. The molecule has 110 valence electrons. The number of hydrogen-bond donors (Lipinski definition) is 2. The number of nitrogens with two attached hydrogens (primary N) is 1. The van der Waals surface area contributed by atoms with Crippen molar-refractivity contribution in [3.63, 3.8) is 0 Å². The molecule has 1 aromatic heterocycles. The van der Waals surface area contributed by atoms with Gasteiger partial charge in [-0.1, -0.05) is 23.7 Å². The Balaban J connectivity index is 1.74. The van der Waals surface area contributed by atoms with Crippen molar-refractivity contribution in [2.75, 3.05) is 11.1 Å². The lowest BCUT2D eigenvalue weighted by Gasteiger charge is -2.29. The normalized spacial score (nSPS) is 22.2. The molecular weight excluding hydrogens is 292 g/mol. The SMILES string of the molecule is Nc1nonc1N[C@@H]1CC(=O)C[C@H](c2ccc(Cl)cc2)C1. The zero-order chi connectivity index (χ0) is 14.8. The molecule has 3 N–H and O–H groups in total. The Kier molecular flexibility index (Phi) is 3.79. The highest BCUT2D eigenvalue weighted by Crippen LogP contribution is 2.33. The fourth-order valence-corrected chi connectivity index (χ4v) is 2.86. The van der Waals surface area contributed by atoms with E-state index in [-0.39, 0.29) is 23.6 Å². The molecule has 1 aliphatic carbocycles. The van der Waals surface area contributed by atoms with E-state index in [0.717, 1.165) is 12.0 Å². The maximum Gasteiger partial charge on any atom is 0.215 e. The van der Waals surface area contributed by atoms with Gasteiger partial charge in [-0.25, -0.2) is 4.63 Å². The number of nitrogens with zero attached hydrogens (tertiary/aromatic N) is 2. The molecule has 0 aliphatic heterocycles. The smallest absolute Gasteiger partial charge is 0.215 e. The maximum absolute atomic E-state index is 12.0. The molecule has 21 heavy (non-hydrogen) atoms. The van der Waals surface area contributed by atoms with E-state index in [1.165, 1.54) is 0 Å². The van der Waals surface area contributed by atoms with Crippen LogP contribution in [0, 0.1) is 0 Å². The summed E-state index contributed by atoms with van der Waals surface area (Å²) < 4.78 is 4.55. The summed E-state index contributed by atoms with van der Waals surface area (Å²) in [4.78, 5) is 12.0. The van der Waals surface area contributed by atoms with Gasteiger partial charge in [-0.15, -0.1) is 0 Å². The van der Waals surface area contributed by atoms with Crippen LogP contribution in [0.5, 0.6) is 0 Å². The van der Waals surface area contributed by atoms with E-state index in [9.17, 15) is 4.79 Å². The fourth-order valence-electron chi connectivity index (χ4n) is 2.73. The van der Waals surface area contributed by atoms with E-state index >= 15 is 0 Å². The summed E-state index contributed by atoms with van der Waals surface area (Å²) in [5, 5.41) is 11.0. The molecule has 0 amide bonds. The van der Waals surface area contributed by atoms with Gasteiger partial charge in [-0.05, 0) is 40.3 Å². The zero-order valence-corrected chi connectivity index (χ0v) is 12.0. The number of benzene rings is 1. The second-order valence-electron chi connectivity index (χ2n) is 5.27. The molecule has 2 aromatic rings. The number of anilines is 2. The number of carbonyl (C=O) groups is 1. The number of carbonyl (C=O) groups excluding carboxylic acids is 1. The number of aromatic nitrogens is 2. The minimum absolute atomic E-state index is 0.0267. The van der Waals surface area contributed by atoms with E-state index in [2.05, 4.69) is 20.3 Å². The highest BCUT2D eigenvalue weighted by molar-refractivity contribution is 6.30. The molecule has 1 saturated carbocycles. The number of ketones is 1. The Morgan fingerprint density at radius 1 is 1.24 bits per heavy atom. The molecule has 7 heteroatoms. The predicted octanol–water partition coefficient (Wildman–Crippen LogP) is 2.62. The van der Waals surface area contributed by atoms with Gasteiger partial charge in [0.15, 0.2) is 0 Å². The van der Waals surface area contributed by atoms with Crippen LogP contribution in [0.15, 0.2) is 28.9 Å². The molecule has 0 spiro atoms. The first kappa shape index (κ1) is 13.9. The summed E-state index contributed by atoms with van der Waals surface area (Å²) in [6, 6.07) is 7.60. The summed E-state index contributed by atoms with van der Waals surface area (Å²) in [6.07, 6.45) is 1.82. The van der Waals surface area contributed by atoms with E-state index in [4.69, 9.17) is 17.3 Å². The Morgan fingerprint density at radius 3 is 2.67 bits per heavy atom. The number of nitrogens with one attached hydrogen (secondary N) is 1. The molecule has 1 heterocycles. The lowest BCUT2D eigenvalue weighted by molar-refractivity contribution is -0.120. The first-order valence-corrected chi connectivity index (χ1v) is 7.11. The maximum atomic E-state index is 12.0. The Morgan fingerprint density at radius 2 is 2.00 bits per heavy atom. The molecular formula is C14H15ClN4O2. The van der Waals surface area contributed by atoms with Crippen LogP contribution < -0.4 is 11.1 Å². The topological polar surface area (TPSA) is 94.0 Å². The van der Waals surface area contributed by atoms with Crippen LogP contribution >= 0.6 is 11.6 Å². The first-order valence-electron chi connectivity index (χ1n) is 6.73. The van der Waals surface area contributed by atoms with E-state index in [0.29, 0.717) is 23.7 Å². The zero-order valence-electron chi connectivity index (χ0n) is 11.3. The van der Waals surface area contributed by atoms with Gasteiger partial charge >= 0.3 is 0 Å². The molecule has 0 bridgehead atoms. The lowest BCUT2D eigenvalue weighted by Crippen LogP contribution is -2.31. The summed E-state index contributed by atoms with van der Waals surface area (Å²) in [5.41, 5.74) is 6.74. The Labute approximate surface area is 126 Å². The molecule has 2 atom stereocenters. The number of rotatable bonds is 3. The largest absolute Gasteiger partial charge is 0.378 e. The second kappa shape index (κ2) is 5.73. The molecule has 1 fully saturated rings. The lowest BCUT2D eigenvalue weighted by atomic mass is 9.80. The van der Waals surface area contributed by atoms with Gasteiger partial charge in [0.25, 0.3) is 0 Å². The summed E-state index contributed by atoms with van der Waals surface area (Å²) in [7, 11) is 0. The van der Waals surface area contributed by atoms with Crippen molar-refractivity contribution in [3.8, 4) is 0 Å². The summed E-state index contributed by atoms with van der Waals surface area (Å²) in [6.45, 7) is 0. The van der Waals surface area contributed by atoms with Gasteiger partial charge in [0.1, 0.15) is 5.78 Å². The van der Waals surface area contributed by atoms with Crippen molar-refractivity contribution in [1.29, 1.82) is 0 Å². The molecule has 6 nitrogen and oxygen atoms in total. The van der Waals surface area contributed by atoms with Crippen molar-refractivity contribution in [1.82, 2.24) is 10.3 Å². The van der Waals surface area contributed by atoms with E-state index in [1.807, 2.05) is 24.3 Å². The number of Topliss-reactive ketones (excluding diaryl/α,β-unsaturated/α-hetero) is 1. The number of halogens is 1. The minimum atomic E-state index is -0.0267. The summed E-state index contributed by atoms with van der Waals surface area (Å²) in [5.74, 6) is 0.983. The quantitative estimate of drug-likeness (QED) is 0.905. The molecule has 3 rings (SSSR count). The Bertz CT molecular complexity index is 641. The highest BCUT2D eigenvalue weighted by atomic mass is 35.5. The third kappa shape index (κ3) is 3.16. The van der Waals surface area contributed by atoms with Crippen LogP contribution in [0.1, 0.15) is 30.7 Å². The molecule has 0 unspecified atom stereocenters. The van der Waals surface area contributed by atoms with Crippen LogP contribution in [-0.2, 0) is 4.79 Å². The monoisotopic (exact) mass is 306 g/mol. The molecule has 1 aromatic carbocycles. The first-order chi connectivity index (χ1) is 10.1. The second-order valence-corrected chi connectivity index (χ2v) is 5.71. The number of hydrogen-bond acceptors (Lipinski definition) is 6. The number of nitrogen functional groups attached to an aromatic ring is 1. The molecule has 0 saturated heterocycles. The van der Waals surface area contributed by atoms with Crippen molar-refractivity contribution in [2.24, 2.45) is 0 Å². The minimum Gasteiger partial charge on any atom is -0.378 e. The van der Waals surface area contributed by atoms with Crippen LogP contribution in [0.25, 0.3) is 0 Å². The molecule has 0 radical (unpaired) electrons. The van der Waals surface area contributed by atoms with Crippen molar-refractivity contribution in [3.05, 3.63) is 34.9 Å². The van der Waals surface area contributed by atoms with Gasteiger partial charge < -0.3 is 11.1 Å². The van der Waals surface area contributed by atoms with E-state index < -0.39 is 0 Å². The van der Waals surface area contributed by atoms with Crippen LogP contribution in [-0.4, -0.2) is 22.1 Å². The molecule has 1 aliphatic rings. The van der Waals surface area contributed by atoms with Crippen molar-refractivity contribution in [2.45, 2.75) is 31.2 Å². The average molecular weight is 307 g/mol. The average Bonchev–Trinajstić information content (AvgIpc) is 2.84. The predicted molar refractivity (Wildman–Crippen MR) is 79.2 cm³/mol. The van der Waals surface area contributed by atoms with Crippen LogP contribution in [0.2, 0.25) is 5.02 Å². The van der Waals surface area contributed by atoms with Gasteiger partial charge in [0.2, 0.25) is 11.6 Å². The summed E-state index contributed by atoms with van der Waals surface area (Å²) >= 11 is 5.90. The van der Waals surface area contributed by atoms with Crippen LogP contribution in [0.4, 0.5) is 11.6 Å². The van der Waals surface area contributed by atoms with Gasteiger partial charge in [0, 0.05) is 23.9 Å². The van der Waals surface area contributed by atoms with E-state index in [1.54, 1.807) is 0 Å². The Hall–Kier alpha value is -2.08. The van der Waals surface area contributed by atoms with Gasteiger partial charge in [-0.3, -0.25) is 4.79 Å². The fraction of sp³-hybridized carbons (Fsp3) is 0.357. The van der Waals surface area contributed by atoms with Crippen LogP contribution in [0.3, 0.4) is 0 Å². The van der Waals surface area contributed by atoms with Gasteiger partial charge in [-0.2, -0.15) is 0 Å².